The molecule has 0 aromatic carbocycles. The molecule has 0 aromatic heterocycles. The minimum atomic E-state index is -0.440. The third-order valence-corrected chi connectivity index (χ3v) is 1.13. The van der Waals surface area contributed by atoms with Crippen LogP contribution in [0.4, 0.5) is 0 Å². The molecule has 0 aliphatic carbocycles. The van der Waals surface area contributed by atoms with Crippen molar-refractivity contribution in [1.29, 1.82) is 0 Å². The minimum absolute atomic E-state index is 0.00878. The summed E-state index contributed by atoms with van der Waals surface area (Å²) in [6.45, 7) is 3.52. The van der Waals surface area contributed by atoms with Gasteiger partial charge in [-0.1, -0.05) is 18.2 Å². The van der Waals surface area contributed by atoms with Crippen LogP contribution >= 0.6 is 0 Å². The van der Waals surface area contributed by atoms with E-state index in [-0.39, 0.29) is 6.61 Å². The number of rotatable bonds is 5. The van der Waals surface area contributed by atoms with Gasteiger partial charge in [-0.15, -0.1) is 6.58 Å². The van der Waals surface area contributed by atoms with E-state index in [1.807, 2.05) is 0 Å². The molecule has 0 fully saturated rings. The number of hydrogen-bond acceptors (Lipinski definition) is 2. The summed E-state index contributed by atoms with van der Waals surface area (Å²) in [4.78, 5) is 0. The van der Waals surface area contributed by atoms with Gasteiger partial charge in [-0.3, -0.25) is 0 Å². The molecule has 0 saturated carbocycles. The highest BCUT2D eigenvalue weighted by Crippen LogP contribution is 1.97. The fourth-order valence-corrected chi connectivity index (χ4v) is 0.603. The second kappa shape index (κ2) is 6.52. The maximum atomic E-state index is 9.07. The quantitative estimate of drug-likeness (QED) is 0.559. The molecule has 0 aromatic rings. The second-order valence-corrected chi connectivity index (χ2v) is 2.04. The SMILES string of the molecule is C=CCCC(O)/C=C/CO. The molecule has 10 heavy (non-hydrogen) atoms. The summed E-state index contributed by atoms with van der Waals surface area (Å²) in [5.41, 5.74) is 0. The lowest BCUT2D eigenvalue weighted by atomic mass is 10.2. The van der Waals surface area contributed by atoms with Gasteiger partial charge >= 0.3 is 0 Å². The molecular weight excluding hydrogens is 128 g/mol. The van der Waals surface area contributed by atoms with Gasteiger partial charge in [0.25, 0.3) is 0 Å². The van der Waals surface area contributed by atoms with Gasteiger partial charge in [-0.05, 0) is 12.8 Å². The van der Waals surface area contributed by atoms with Gasteiger partial charge < -0.3 is 10.2 Å². The Kier molecular flexibility index (Phi) is 6.13. The van der Waals surface area contributed by atoms with E-state index in [9.17, 15) is 0 Å². The zero-order valence-corrected chi connectivity index (χ0v) is 6.03. The fourth-order valence-electron chi connectivity index (χ4n) is 0.603. The Hall–Kier alpha value is -0.600. The fraction of sp³-hybridized carbons (Fsp3) is 0.500. The van der Waals surface area contributed by atoms with Crippen LogP contribution in [0.15, 0.2) is 24.8 Å². The molecule has 0 radical (unpaired) electrons. The van der Waals surface area contributed by atoms with Crippen molar-refractivity contribution >= 4 is 0 Å². The molecule has 1 unspecified atom stereocenters. The molecule has 2 N–H and O–H groups in total. The lowest BCUT2D eigenvalue weighted by Gasteiger charge is -2.00. The van der Waals surface area contributed by atoms with E-state index in [4.69, 9.17) is 10.2 Å². The van der Waals surface area contributed by atoms with Crippen LogP contribution in [0.2, 0.25) is 0 Å². The normalized spacial score (nSPS) is 13.8. The zero-order valence-electron chi connectivity index (χ0n) is 6.03. The van der Waals surface area contributed by atoms with Gasteiger partial charge in [-0.2, -0.15) is 0 Å². The highest BCUT2D eigenvalue weighted by atomic mass is 16.3. The molecule has 0 saturated heterocycles. The van der Waals surface area contributed by atoms with Crippen LogP contribution in [-0.2, 0) is 0 Å². The van der Waals surface area contributed by atoms with Crippen LogP contribution in [0.25, 0.3) is 0 Å². The number of hydrogen-bond donors (Lipinski definition) is 2. The first-order valence-corrected chi connectivity index (χ1v) is 3.37. The minimum Gasteiger partial charge on any atom is -0.392 e. The maximum Gasteiger partial charge on any atom is 0.0724 e. The predicted molar refractivity (Wildman–Crippen MR) is 41.7 cm³/mol. The van der Waals surface area contributed by atoms with E-state index in [1.165, 1.54) is 6.08 Å². The molecule has 0 aliphatic heterocycles. The van der Waals surface area contributed by atoms with Crippen LogP contribution in [0, 0.1) is 0 Å². The Morgan fingerprint density at radius 3 is 2.70 bits per heavy atom. The number of allylic oxidation sites excluding steroid dienone is 1. The molecule has 0 aliphatic rings. The first kappa shape index (κ1) is 9.40. The standard InChI is InChI=1S/C8H14O2/c1-2-3-5-8(10)6-4-7-9/h2,4,6,8-10H,1,3,5,7H2/b6-4+. The van der Waals surface area contributed by atoms with E-state index >= 15 is 0 Å². The third kappa shape index (κ3) is 5.54. The molecule has 58 valence electrons. The zero-order chi connectivity index (χ0) is 7.82. The largest absolute Gasteiger partial charge is 0.392 e. The maximum absolute atomic E-state index is 9.07. The Bertz CT molecular complexity index is 108. The van der Waals surface area contributed by atoms with Gasteiger partial charge in [-0.25, -0.2) is 0 Å². The smallest absolute Gasteiger partial charge is 0.0724 e. The molecular formula is C8H14O2. The van der Waals surface area contributed by atoms with Gasteiger partial charge in [0.1, 0.15) is 0 Å². The Balaban J connectivity index is 3.32. The Labute approximate surface area is 61.5 Å². The van der Waals surface area contributed by atoms with Crippen LogP contribution < -0.4 is 0 Å². The lowest BCUT2D eigenvalue weighted by Crippen LogP contribution is -2.00. The van der Waals surface area contributed by atoms with Crippen molar-refractivity contribution in [3.63, 3.8) is 0 Å². The second-order valence-electron chi connectivity index (χ2n) is 2.04. The van der Waals surface area contributed by atoms with Gasteiger partial charge in [0.05, 0.1) is 12.7 Å². The molecule has 2 heteroatoms. The summed E-state index contributed by atoms with van der Waals surface area (Å²) < 4.78 is 0. The van der Waals surface area contributed by atoms with Crippen molar-refractivity contribution in [3.8, 4) is 0 Å². The molecule has 0 rings (SSSR count). The molecule has 2 nitrogen and oxygen atoms in total. The predicted octanol–water partition coefficient (Wildman–Crippen LogP) is 0.862. The van der Waals surface area contributed by atoms with Crippen molar-refractivity contribution in [2.75, 3.05) is 6.61 Å². The number of aliphatic hydroxyl groups is 2. The lowest BCUT2D eigenvalue weighted by molar-refractivity contribution is 0.212. The summed E-state index contributed by atoms with van der Waals surface area (Å²) in [6, 6.07) is 0. The van der Waals surface area contributed by atoms with E-state index in [0.717, 1.165) is 6.42 Å². The molecule has 0 spiro atoms. The van der Waals surface area contributed by atoms with Crippen LogP contribution in [0.1, 0.15) is 12.8 Å². The Morgan fingerprint density at radius 2 is 2.20 bits per heavy atom. The third-order valence-electron chi connectivity index (χ3n) is 1.13. The first-order chi connectivity index (χ1) is 4.81. The van der Waals surface area contributed by atoms with Crippen molar-refractivity contribution in [1.82, 2.24) is 0 Å². The number of aliphatic hydroxyl groups excluding tert-OH is 2. The molecule has 0 bridgehead atoms. The average molecular weight is 142 g/mol. The Morgan fingerprint density at radius 1 is 1.50 bits per heavy atom. The highest BCUT2D eigenvalue weighted by molar-refractivity contribution is 4.89. The summed E-state index contributed by atoms with van der Waals surface area (Å²) in [6.07, 6.45) is 5.93. The van der Waals surface area contributed by atoms with Crippen LogP contribution in [0.3, 0.4) is 0 Å². The molecule has 1 atom stereocenters. The van der Waals surface area contributed by atoms with E-state index in [2.05, 4.69) is 6.58 Å². The molecule has 0 heterocycles. The van der Waals surface area contributed by atoms with Crippen LogP contribution in [-0.4, -0.2) is 22.9 Å². The van der Waals surface area contributed by atoms with Gasteiger partial charge in [0, 0.05) is 0 Å². The first-order valence-electron chi connectivity index (χ1n) is 3.37. The summed E-state index contributed by atoms with van der Waals surface area (Å²) >= 11 is 0. The van der Waals surface area contributed by atoms with Crippen molar-refractivity contribution in [2.24, 2.45) is 0 Å². The van der Waals surface area contributed by atoms with Crippen LogP contribution in [0.5, 0.6) is 0 Å². The van der Waals surface area contributed by atoms with Crippen molar-refractivity contribution < 1.29 is 10.2 Å². The monoisotopic (exact) mass is 142 g/mol. The van der Waals surface area contributed by atoms with Crippen molar-refractivity contribution in [2.45, 2.75) is 18.9 Å². The van der Waals surface area contributed by atoms with Gasteiger partial charge in [0.15, 0.2) is 0 Å². The van der Waals surface area contributed by atoms with E-state index in [0.29, 0.717) is 6.42 Å². The average Bonchev–Trinajstić information content (AvgIpc) is 1.97. The summed E-state index contributed by atoms with van der Waals surface area (Å²) in [7, 11) is 0. The topological polar surface area (TPSA) is 40.5 Å². The van der Waals surface area contributed by atoms with E-state index in [1.54, 1.807) is 12.2 Å². The summed E-state index contributed by atoms with van der Waals surface area (Å²) in [5, 5.41) is 17.4. The van der Waals surface area contributed by atoms with Gasteiger partial charge in [0.2, 0.25) is 0 Å². The summed E-state index contributed by atoms with van der Waals surface area (Å²) in [5.74, 6) is 0. The van der Waals surface area contributed by atoms with Crippen molar-refractivity contribution in [3.05, 3.63) is 24.8 Å². The van der Waals surface area contributed by atoms with E-state index < -0.39 is 6.10 Å². The molecule has 0 amide bonds. The highest BCUT2D eigenvalue weighted by Gasteiger charge is 1.94.